The van der Waals surface area contributed by atoms with Crippen LogP contribution in [0, 0.1) is 0 Å². The van der Waals surface area contributed by atoms with Crippen molar-refractivity contribution in [3.63, 3.8) is 0 Å². The number of ketones is 1. The van der Waals surface area contributed by atoms with E-state index in [1.165, 1.54) is 6.08 Å². The number of nitrogens with one attached hydrogen (secondary N) is 1. The van der Waals surface area contributed by atoms with E-state index >= 15 is 0 Å². The SMILES string of the molecule is Nc1ccccc1NC(=O)C=Cc1ccc(CC(=O)c2ccccc2)o1. The Bertz CT molecular complexity index is 943. The summed E-state index contributed by atoms with van der Waals surface area (Å²) in [5.41, 5.74) is 7.47. The number of anilines is 2. The molecule has 0 aliphatic rings. The molecule has 0 fully saturated rings. The Hall–Kier alpha value is -3.60. The molecule has 130 valence electrons. The minimum absolute atomic E-state index is 0.0206. The van der Waals surface area contributed by atoms with Crippen molar-refractivity contribution in [2.24, 2.45) is 0 Å². The molecule has 1 heterocycles. The first-order valence-corrected chi connectivity index (χ1v) is 8.12. The molecule has 0 aliphatic carbocycles. The molecule has 26 heavy (non-hydrogen) atoms. The molecule has 3 N–H and O–H groups in total. The van der Waals surface area contributed by atoms with E-state index in [4.69, 9.17) is 10.2 Å². The van der Waals surface area contributed by atoms with Crippen molar-refractivity contribution >= 4 is 29.1 Å². The number of carbonyl (C=O) groups excluding carboxylic acids is 2. The van der Waals surface area contributed by atoms with Crippen LogP contribution in [0.5, 0.6) is 0 Å². The van der Waals surface area contributed by atoms with Crippen LogP contribution >= 0.6 is 0 Å². The summed E-state index contributed by atoms with van der Waals surface area (Å²) in [5, 5.41) is 2.69. The number of amides is 1. The Balaban J connectivity index is 1.59. The Morgan fingerprint density at radius 2 is 1.69 bits per heavy atom. The van der Waals surface area contributed by atoms with Crippen LogP contribution in [0.25, 0.3) is 6.08 Å². The van der Waals surface area contributed by atoms with Gasteiger partial charge >= 0.3 is 0 Å². The Kier molecular flexibility index (Phi) is 5.29. The molecule has 3 rings (SSSR count). The second-order valence-electron chi connectivity index (χ2n) is 5.68. The van der Waals surface area contributed by atoms with Gasteiger partial charge in [0.15, 0.2) is 5.78 Å². The molecule has 0 unspecified atom stereocenters. The normalized spacial score (nSPS) is 10.8. The van der Waals surface area contributed by atoms with Gasteiger partial charge in [0.2, 0.25) is 5.91 Å². The maximum Gasteiger partial charge on any atom is 0.248 e. The van der Waals surface area contributed by atoms with Crippen LogP contribution < -0.4 is 11.1 Å². The van der Waals surface area contributed by atoms with E-state index in [1.54, 1.807) is 54.6 Å². The van der Waals surface area contributed by atoms with E-state index < -0.39 is 0 Å². The van der Waals surface area contributed by atoms with Crippen LogP contribution in [0.2, 0.25) is 0 Å². The second-order valence-corrected chi connectivity index (χ2v) is 5.68. The van der Waals surface area contributed by atoms with Crippen LogP contribution in [0.3, 0.4) is 0 Å². The summed E-state index contributed by atoms with van der Waals surface area (Å²) < 4.78 is 5.59. The number of hydrogen-bond acceptors (Lipinski definition) is 4. The lowest BCUT2D eigenvalue weighted by molar-refractivity contribution is -0.111. The Morgan fingerprint density at radius 1 is 0.962 bits per heavy atom. The minimum Gasteiger partial charge on any atom is -0.461 e. The fourth-order valence-corrected chi connectivity index (χ4v) is 2.41. The van der Waals surface area contributed by atoms with Gasteiger partial charge in [0.1, 0.15) is 11.5 Å². The van der Waals surface area contributed by atoms with Gasteiger partial charge in [-0.3, -0.25) is 9.59 Å². The summed E-state index contributed by atoms with van der Waals surface area (Å²) in [6.07, 6.45) is 3.07. The van der Waals surface area contributed by atoms with Gasteiger partial charge in [-0.1, -0.05) is 42.5 Å². The largest absolute Gasteiger partial charge is 0.461 e. The van der Waals surface area contributed by atoms with Gasteiger partial charge in [0.05, 0.1) is 17.8 Å². The van der Waals surface area contributed by atoms with Crippen LogP contribution in [0.4, 0.5) is 11.4 Å². The van der Waals surface area contributed by atoms with Crippen molar-refractivity contribution in [3.8, 4) is 0 Å². The van der Waals surface area contributed by atoms with Gasteiger partial charge in [0.25, 0.3) is 0 Å². The molecule has 0 saturated heterocycles. The topological polar surface area (TPSA) is 85.3 Å². The Morgan fingerprint density at radius 3 is 2.46 bits per heavy atom. The van der Waals surface area contributed by atoms with Crippen molar-refractivity contribution < 1.29 is 14.0 Å². The first-order valence-electron chi connectivity index (χ1n) is 8.12. The van der Waals surface area contributed by atoms with Crippen molar-refractivity contribution in [1.29, 1.82) is 0 Å². The molecule has 0 bridgehead atoms. The van der Waals surface area contributed by atoms with E-state index in [9.17, 15) is 9.59 Å². The van der Waals surface area contributed by atoms with Crippen molar-refractivity contribution in [3.05, 3.63) is 89.9 Å². The average Bonchev–Trinajstić information content (AvgIpc) is 3.10. The lowest BCUT2D eigenvalue weighted by atomic mass is 10.1. The predicted octanol–water partition coefficient (Wildman–Crippen LogP) is 3.94. The number of carbonyl (C=O) groups is 2. The minimum atomic E-state index is -0.318. The molecule has 3 aromatic rings. The van der Waals surface area contributed by atoms with Crippen LogP contribution in [-0.2, 0) is 11.2 Å². The molecule has 0 atom stereocenters. The first-order chi connectivity index (χ1) is 12.6. The first kappa shape index (κ1) is 17.2. The predicted molar refractivity (Wildman–Crippen MR) is 102 cm³/mol. The monoisotopic (exact) mass is 346 g/mol. The number of hydrogen-bond donors (Lipinski definition) is 2. The van der Waals surface area contributed by atoms with Crippen LogP contribution in [-0.4, -0.2) is 11.7 Å². The molecule has 1 amide bonds. The molecule has 5 heteroatoms. The highest BCUT2D eigenvalue weighted by atomic mass is 16.3. The molecule has 0 saturated carbocycles. The Labute approximate surface area is 151 Å². The van der Waals surface area contributed by atoms with Crippen LogP contribution in [0.15, 0.2) is 77.2 Å². The molecule has 0 aliphatic heterocycles. The molecule has 5 nitrogen and oxygen atoms in total. The summed E-state index contributed by atoms with van der Waals surface area (Å²) >= 11 is 0. The zero-order valence-electron chi connectivity index (χ0n) is 14.0. The fourth-order valence-electron chi connectivity index (χ4n) is 2.41. The smallest absolute Gasteiger partial charge is 0.248 e. The molecular weight excluding hydrogens is 328 g/mol. The van der Waals surface area contributed by atoms with Gasteiger partial charge in [0, 0.05) is 11.6 Å². The van der Waals surface area contributed by atoms with Crippen LogP contribution in [0.1, 0.15) is 21.9 Å². The van der Waals surface area contributed by atoms with Gasteiger partial charge in [-0.05, 0) is 30.3 Å². The molecule has 0 radical (unpaired) electrons. The zero-order valence-corrected chi connectivity index (χ0v) is 14.0. The maximum atomic E-state index is 12.2. The third-order valence-corrected chi connectivity index (χ3v) is 3.73. The van der Waals surface area contributed by atoms with E-state index in [2.05, 4.69) is 5.32 Å². The van der Waals surface area contributed by atoms with Crippen molar-refractivity contribution in [2.45, 2.75) is 6.42 Å². The maximum absolute atomic E-state index is 12.2. The number of benzene rings is 2. The van der Waals surface area contributed by atoms with Gasteiger partial charge < -0.3 is 15.5 Å². The van der Waals surface area contributed by atoms with E-state index in [0.29, 0.717) is 28.5 Å². The number of para-hydroxylation sites is 2. The summed E-state index contributed by atoms with van der Waals surface area (Å²) in [7, 11) is 0. The summed E-state index contributed by atoms with van der Waals surface area (Å²) in [6, 6.07) is 19.5. The average molecular weight is 346 g/mol. The molecular formula is C21H18N2O3. The highest BCUT2D eigenvalue weighted by Crippen LogP contribution is 2.17. The third kappa shape index (κ3) is 4.48. The summed E-state index contributed by atoms with van der Waals surface area (Å²) in [5.74, 6) is 0.706. The number of rotatable bonds is 6. The van der Waals surface area contributed by atoms with Gasteiger partial charge in [-0.25, -0.2) is 0 Å². The summed E-state index contributed by atoms with van der Waals surface area (Å²) in [4.78, 5) is 24.1. The number of Topliss-reactive ketones (excluding diaryl/α,β-unsaturated/α-hetero) is 1. The lowest BCUT2D eigenvalue weighted by Gasteiger charge is -2.04. The van der Waals surface area contributed by atoms with Gasteiger partial charge in [-0.2, -0.15) is 0 Å². The highest BCUT2D eigenvalue weighted by molar-refractivity contribution is 6.03. The van der Waals surface area contributed by atoms with E-state index in [1.807, 2.05) is 18.2 Å². The van der Waals surface area contributed by atoms with E-state index in [-0.39, 0.29) is 18.1 Å². The number of nitrogens with two attached hydrogens (primary N) is 1. The number of nitrogen functional groups attached to an aromatic ring is 1. The van der Waals surface area contributed by atoms with Gasteiger partial charge in [-0.15, -0.1) is 0 Å². The fraction of sp³-hybridized carbons (Fsp3) is 0.0476. The quantitative estimate of drug-likeness (QED) is 0.402. The second kappa shape index (κ2) is 7.98. The highest BCUT2D eigenvalue weighted by Gasteiger charge is 2.09. The van der Waals surface area contributed by atoms with Crippen molar-refractivity contribution in [1.82, 2.24) is 0 Å². The molecule has 1 aromatic heterocycles. The standard InChI is InChI=1S/C21H18N2O3/c22-18-8-4-5-9-19(18)23-21(25)13-12-16-10-11-17(26-16)14-20(24)15-6-2-1-3-7-15/h1-13H,14,22H2,(H,23,25). The summed E-state index contributed by atoms with van der Waals surface area (Å²) in [6.45, 7) is 0. The molecule has 0 spiro atoms. The number of furan rings is 1. The molecule has 2 aromatic carbocycles. The lowest BCUT2D eigenvalue weighted by Crippen LogP contribution is -2.09. The third-order valence-electron chi connectivity index (χ3n) is 3.73. The van der Waals surface area contributed by atoms with E-state index in [0.717, 1.165) is 0 Å². The zero-order chi connectivity index (χ0) is 18.4. The van der Waals surface area contributed by atoms with Crippen molar-refractivity contribution in [2.75, 3.05) is 11.1 Å².